The summed E-state index contributed by atoms with van der Waals surface area (Å²) in [7, 11) is 0. The highest BCUT2D eigenvalue weighted by Crippen LogP contribution is 2.15. The molecule has 122 valence electrons. The molecule has 0 aliphatic carbocycles. The highest BCUT2D eigenvalue weighted by molar-refractivity contribution is 5.67. The predicted molar refractivity (Wildman–Crippen MR) is 83.0 cm³/mol. The molecule has 0 saturated carbocycles. The van der Waals surface area contributed by atoms with Gasteiger partial charge < -0.3 is 20.4 Å². The smallest absolute Gasteiger partial charge is 0.351 e. The van der Waals surface area contributed by atoms with Gasteiger partial charge in [-0.3, -0.25) is 0 Å². The van der Waals surface area contributed by atoms with Gasteiger partial charge in [-0.05, 0) is 38.8 Å². The van der Waals surface area contributed by atoms with E-state index in [0.717, 1.165) is 65.0 Å². The molecule has 0 bridgehead atoms. The monoisotopic (exact) mass is 298 g/mol. The van der Waals surface area contributed by atoms with Gasteiger partial charge in [0, 0.05) is 38.3 Å². The Morgan fingerprint density at radius 2 is 1.43 bits per heavy atom. The van der Waals surface area contributed by atoms with Crippen LogP contribution >= 0.6 is 0 Å². The molecule has 2 aliphatic heterocycles. The van der Waals surface area contributed by atoms with Crippen LogP contribution in [-0.2, 0) is 4.84 Å². The van der Waals surface area contributed by atoms with Crippen LogP contribution in [0.3, 0.4) is 0 Å². The predicted octanol–water partition coefficient (Wildman–Crippen LogP) is 1.19. The number of piperidine rings is 2. The molecule has 2 N–H and O–H groups in total. The Balaban J connectivity index is 1.66. The number of hydroxylamine groups is 2. The first-order valence-electron chi connectivity index (χ1n) is 8.41. The van der Waals surface area contributed by atoms with Crippen molar-refractivity contribution >= 4 is 6.09 Å². The normalized spacial score (nSPS) is 22.5. The van der Waals surface area contributed by atoms with Gasteiger partial charge in [-0.15, -0.1) is 5.06 Å². The number of nitrogens with zero attached hydrogens (tertiary/aromatic N) is 2. The van der Waals surface area contributed by atoms with Crippen molar-refractivity contribution in [1.82, 2.24) is 20.6 Å². The summed E-state index contributed by atoms with van der Waals surface area (Å²) in [5, 5.41) is 8.73. The van der Waals surface area contributed by atoms with Crippen molar-refractivity contribution in [3.63, 3.8) is 0 Å². The Morgan fingerprint density at radius 3 is 1.90 bits per heavy atom. The third kappa shape index (κ3) is 5.13. The Labute approximate surface area is 128 Å². The fourth-order valence-electron chi connectivity index (χ4n) is 3.16. The van der Waals surface area contributed by atoms with Gasteiger partial charge in [-0.2, -0.15) is 0 Å². The van der Waals surface area contributed by atoms with E-state index < -0.39 is 0 Å². The molecular weight excluding hydrogens is 268 g/mol. The van der Waals surface area contributed by atoms with Crippen LogP contribution < -0.4 is 10.6 Å². The fraction of sp³-hybridized carbons (Fsp3) is 0.933. The number of carbonyl (C=O) groups excluding carboxylic acids is 1. The van der Waals surface area contributed by atoms with E-state index in [1.807, 2.05) is 9.96 Å². The molecule has 0 radical (unpaired) electrons. The van der Waals surface area contributed by atoms with Gasteiger partial charge in [0.05, 0.1) is 0 Å². The van der Waals surface area contributed by atoms with Crippen LogP contribution in [-0.4, -0.2) is 67.4 Å². The van der Waals surface area contributed by atoms with Crippen LogP contribution in [0, 0.1) is 0 Å². The molecule has 6 heteroatoms. The minimum Gasteiger partial charge on any atom is -0.351 e. The van der Waals surface area contributed by atoms with Crippen LogP contribution in [0.4, 0.5) is 4.79 Å². The molecule has 2 heterocycles. The second-order valence-corrected chi connectivity index (χ2v) is 5.94. The van der Waals surface area contributed by atoms with E-state index in [0.29, 0.717) is 12.1 Å². The Morgan fingerprint density at radius 1 is 0.952 bits per heavy atom. The van der Waals surface area contributed by atoms with Crippen LogP contribution in [0.25, 0.3) is 0 Å². The second-order valence-electron chi connectivity index (χ2n) is 5.94. The second kappa shape index (κ2) is 8.56. The molecule has 0 unspecified atom stereocenters. The average Bonchev–Trinajstić information content (AvgIpc) is 2.50. The standard InChI is InChI=1S/C15H30N4O2/c1-3-16-13-5-9-18(10-6-13)15(20)21-19-11-7-14(8-12-19)17-4-2/h13-14,16-17H,3-12H2,1-2H3. The van der Waals surface area contributed by atoms with Crippen LogP contribution in [0.5, 0.6) is 0 Å². The first-order chi connectivity index (χ1) is 10.2. The van der Waals surface area contributed by atoms with Crippen LogP contribution in [0.15, 0.2) is 0 Å². The molecule has 0 atom stereocenters. The lowest BCUT2D eigenvalue weighted by atomic mass is 10.1. The summed E-state index contributed by atoms with van der Waals surface area (Å²) in [6.07, 6.45) is 3.95. The largest absolute Gasteiger partial charge is 0.428 e. The maximum atomic E-state index is 12.2. The third-order valence-electron chi connectivity index (χ3n) is 4.40. The van der Waals surface area contributed by atoms with E-state index in [1.165, 1.54) is 0 Å². The Bertz CT molecular complexity index is 311. The lowest BCUT2D eigenvalue weighted by Crippen LogP contribution is -2.48. The van der Waals surface area contributed by atoms with Gasteiger partial charge in [0.2, 0.25) is 0 Å². The summed E-state index contributed by atoms with van der Waals surface area (Å²) in [5.41, 5.74) is 0. The highest BCUT2D eigenvalue weighted by Gasteiger charge is 2.27. The maximum absolute atomic E-state index is 12.2. The van der Waals surface area contributed by atoms with Crippen LogP contribution in [0.1, 0.15) is 39.5 Å². The molecule has 21 heavy (non-hydrogen) atoms. The van der Waals surface area contributed by atoms with E-state index in [2.05, 4.69) is 24.5 Å². The fourth-order valence-corrected chi connectivity index (χ4v) is 3.16. The summed E-state index contributed by atoms with van der Waals surface area (Å²) in [4.78, 5) is 19.5. The van der Waals surface area contributed by atoms with Crippen molar-refractivity contribution in [2.24, 2.45) is 0 Å². The summed E-state index contributed by atoms with van der Waals surface area (Å²) in [6, 6.07) is 1.12. The summed E-state index contributed by atoms with van der Waals surface area (Å²) in [6.45, 7) is 9.51. The minimum absolute atomic E-state index is 0.174. The van der Waals surface area contributed by atoms with Gasteiger partial charge in [0.25, 0.3) is 0 Å². The van der Waals surface area contributed by atoms with Gasteiger partial charge in [-0.1, -0.05) is 13.8 Å². The molecule has 6 nitrogen and oxygen atoms in total. The molecule has 2 rings (SSSR count). The highest BCUT2D eigenvalue weighted by atomic mass is 16.7. The molecule has 0 aromatic carbocycles. The number of rotatable bonds is 5. The van der Waals surface area contributed by atoms with Crippen molar-refractivity contribution < 1.29 is 9.63 Å². The van der Waals surface area contributed by atoms with Crippen molar-refractivity contribution in [2.75, 3.05) is 39.3 Å². The third-order valence-corrected chi connectivity index (χ3v) is 4.40. The Kier molecular flexibility index (Phi) is 6.73. The van der Waals surface area contributed by atoms with Gasteiger partial charge >= 0.3 is 6.09 Å². The Hall–Kier alpha value is -0.850. The zero-order chi connectivity index (χ0) is 15.1. The van der Waals surface area contributed by atoms with E-state index in [-0.39, 0.29) is 6.09 Å². The summed E-state index contributed by atoms with van der Waals surface area (Å²) in [5.74, 6) is 0. The number of hydrogen-bond acceptors (Lipinski definition) is 5. The molecule has 2 aliphatic rings. The molecular formula is C15H30N4O2. The van der Waals surface area contributed by atoms with Crippen molar-refractivity contribution in [3.8, 4) is 0 Å². The van der Waals surface area contributed by atoms with Gasteiger partial charge in [-0.25, -0.2) is 4.79 Å². The van der Waals surface area contributed by atoms with Crippen molar-refractivity contribution in [3.05, 3.63) is 0 Å². The number of hydrogen-bond donors (Lipinski definition) is 2. The molecule has 0 aromatic rings. The molecule has 2 saturated heterocycles. The number of amides is 1. The lowest BCUT2D eigenvalue weighted by Gasteiger charge is -2.35. The maximum Gasteiger partial charge on any atom is 0.428 e. The molecule has 1 amide bonds. The number of likely N-dealkylation sites (tertiary alicyclic amines) is 1. The van der Waals surface area contributed by atoms with E-state index in [1.54, 1.807) is 0 Å². The van der Waals surface area contributed by atoms with Crippen molar-refractivity contribution in [1.29, 1.82) is 0 Å². The lowest BCUT2D eigenvalue weighted by molar-refractivity contribution is -0.127. The first-order valence-corrected chi connectivity index (χ1v) is 8.41. The van der Waals surface area contributed by atoms with Gasteiger partial charge in [0.15, 0.2) is 0 Å². The minimum atomic E-state index is -0.174. The molecule has 0 spiro atoms. The van der Waals surface area contributed by atoms with Crippen LogP contribution in [0.2, 0.25) is 0 Å². The molecule has 0 aromatic heterocycles. The number of nitrogens with one attached hydrogen (secondary N) is 2. The number of carbonyl (C=O) groups is 1. The molecule has 2 fully saturated rings. The van der Waals surface area contributed by atoms with E-state index in [9.17, 15) is 4.79 Å². The quantitative estimate of drug-likeness (QED) is 0.798. The average molecular weight is 298 g/mol. The zero-order valence-electron chi connectivity index (χ0n) is 13.4. The van der Waals surface area contributed by atoms with E-state index in [4.69, 9.17) is 4.84 Å². The van der Waals surface area contributed by atoms with Crippen molar-refractivity contribution in [2.45, 2.75) is 51.6 Å². The first kappa shape index (κ1) is 16.5. The zero-order valence-corrected chi connectivity index (χ0v) is 13.4. The SMILES string of the molecule is CCNC1CCN(OC(=O)N2CCC(NCC)CC2)CC1. The van der Waals surface area contributed by atoms with Gasteiger partial charge in [0.1, 0.15) is 0 Å². The topological polar surface area (TPSA) is 56.8 Å². The summed E-state index contributed by atoms with van der Waals surface area (Å²) >= 11 is 0. The van der Waals surface area contributed by atoms with E-state index >= 15 is 0 Å². The summed E-state index contributed by atoms with van der Waals surface area (Å²) < 4.78 is 0.